The molecule has 0 aromatic heterocycles. The molecule has 2 heterocycles. The van der Waals surface area contributed by atoms with Gasteiger partial charge in [0.2, 0.25) is 5.91 Å². The molecule has 2 aliphatic heterocycles. The van der Waals surface area contributed by atoms with Crippen molar-refractivity contribution in [2.75, 3.05) is 18.8 Å². The topological polar surface area (TPSA) is 84.0 Å². The molecular weight excluding hydrogens is 440 g/mol. The molecule has 1 aliphatic carbocycles. The lowest BCUT2D eigenvalue weighted by Gasteiger charge is -2.37. The molecule has 2 atom stereocenters. The Labute approximate surface area is 193 Å². The summed E-state index contributed by atoms with van der Waals surface area (Å²) in [5, 5.41) is 1.10. The first-order valence-corrected chi connectivity index (χ1v) is 12.9. The average molecular weight is 467 g/mol. The van der Waals surface area contributed by atoms with Crippen LogP contribution in [0.25, 0.3) is 6.08 Å². The third-order valence-electron chi connectivity index (χ3n) is 6.71. The summed E-state index contributed by atoms with van der Waals surface area (Å²) in [6, 6.07) is 17.1. The summed E-state index contributed by atoms with van der Waals surface area (Å²) < 4.78 is 30.5. The summed E-state index contributed by atoms with van der Waals surface area (Å²) in [4.78, 5) is 28.7. The lowest BCUT2D eigenvalue weighted by Crippen LogP contribution is -2.48. The lowest BCUT2D eigenvalue weighted by atomic mass is 9.99. The van der Waals surface area contributed by atoms with Gasteiger partial charge in [0.05, 0.1) is 6.04 Å². The minimum atomic E-state index is -3.67. The molecule has 2 fully saturated rings. The second-order valence-corrected chi connectivity index (χ2v) is 10.7. The molecule has 0 unspecified atom stereocenters. The fraction of sp³-hybridized carbons (Fsp3) is 0.360. The average Bonchev–Trinajstić information content (AvgIpc) is 3.32. The standard InChI is InChI=1S/C25H26N2O5S/c28-23(17-33(30,31)15-12-18-6-2-1-3-7-18)26-13-10-20(11-14-26)27-24-21-9-5-4-8-19(21)16-22(24)32-25(27)29/h1-9,12,15,20,22,24H,10-11,13-14,16-17H2/b15-12+/t22-,24+/m1/s1. The van der Waals surface area contributed by atoms with Crippen LogP contribution in [0.5, 0.6) is 0 Å². The van der Waals surface area contributed by atoms with Crippen LogP contribution in [0.2, 0.25) is 0 Å². The summed E-state index contributed by atoms with van der Waals surface area (Å²) in [7, 11) is -3.67. The van der Waals surface area contributed by atoms with Crippen LogP contribution in [0.15, 0.2) is 60.0 Å². The molecule has 8 heteroatoms. The van der Waals surface area contributed by atoms with Crippen LogP contribution < -0.4 is 0 Å². The molecule has 0 radical (unpaired) electrons. The van der Waals surface area contributed by atoms with E-state index >= 15 is 0 Å². The van der Waals surface area contributed by atoms with Crippen LogP contribution in [0.1, 0.15) is 35.6 Å². The van der Waals surface area contributed by atoms with Crippen molar-refractivity contribution in [1.82, 2.24) is 9.80 Å². The van der Waals surface area contributed by atoms with E-state index in [9.17, 15) is 18.0 Å². The number of ether oxygens (including phenoxy) is 1. The van der Waals surface area contributed by atoms with Gasteiger partial charge >= 0.3 is 6.09 Å². The van der Waals surface area contributed by atoms with Crippen molar-refractivity contribution in [3.8, 4) is 0 Å². The van der Waals surface area contributed by atoms with Crippen LogP contribution in [0.4, 0.5) is 4.79 Å². The van der Waals surface area contributed by atoms with Crippen LogP contribution in [-0.2, 0) is 25.8 Å². The first kappa shape index (κ1) is 21.7. The molecule has 2 saturated heterocycles. The summed E-state index contributed by atoms with van der Waals surface area (Å²) in [6.07, 6.45) is 2.99. The Hall–Kier alpha value is -3.13. The van der Waals surface area contributed by atoms with E-state index < -0.39 is 21.5 Å². The number of carbonyl (C=O) groups excluding carboxylic acids is 2. The smallest absolute Gasteiger partial charge is 0.411 e. The van der Waals surface area contributed by atoms with Gasteiger partial charge in [0, 0.05) is 31.0 Å². The van der Waals surface area contributed by atoms with Crippen LogP contribution >= 0.6 is 0 Å². The summed E-state index contributed by atoms with van der Waals surface area (Å²) in [6.45, 7) is 0.842. The van der Waals surface area contributed by atoms with Gasteiger partial charge in [-0.1, -0.05) is 54.6 Å². The van der Waals surface area contributed by atoms with Gasteiger partial charge in [-0.05, 0) is 35.6 Å². The Balaban J connectivity index is 1.20. The molecule has 0 bridgehead atoms. The molecular formula is C25H26N2O5S. The summed E-state index contributed by atoms with van der Waals surface area (Å²) >= 11 is 0. The SMILES string of the molecule is O=C(CS(=O)(=O)/C=C/c1ccccc1)N1CCC(N2C(=O)O[C@@H]3Cc4ccccc4[C@@H]32)CC1. The van der Waals surface area contributed by atoms with Crippen molar-refractivity contribution < 1.29 is 22.7 Å². The molecule has 2 aromatic carbocycles. The van der Waals surface area contributed by atoms with Crippen LogP contribution in [0.3, 0.4) is 0 Å². The first-order valence-electron chi connectivity index (χ1n) is 11.2. The molecule has 172 valence electrons. The van der Waals surface area contributed by atoms with Crippen LogP contribution in [-0.4, -0.2) is 61.2 Å². The highest BCUT2D eigenvalue weighted by Crippen LogP contribution is 2.44. The summed E-state index contributed by atoms with van der Waals surface area (Å²) in [5.74, 6) is -0.954. The number of hydrogen-bond donors (Lipinski definition) is 0. The normalized spacial score (nSPS) is 23.0. The number of sulfone groups is 1. The number of amides is 2. The Bertz CT molecular complexity index is 1190. The first-order chi connectivity index (χ1) is 15.9. The second kappa shape index (κ2) is 8.67. The maximum absolute atomic E-state index is 12.7. The molecule has 0 spiro atoms. The predicted octanol–water partition coefficient (Wildman–Crippen LogP) is 3.18. The molecule has 2 aromatic rings. The number of benzene rings is 2. The monoisotopic (exact) mass is 466 g/mol. The van der Waals surface area contributed by atoms with Gasteiger partial charge in [0.1, 0.15) is 11.9 Å². The van der Waals surface area contributed by atoms with Crippen LogP contribution in [0, 0.1) is 0 Å². The van der Waals surface area contributed by atoms with Crippen molar-refractivity contribution in [2.24, 2.45) is 0 Å². The van der Waals surface area contributed by atoms with E-state index in [4.69, 9.17) is 4.74 Å². The highest BCUT2D eigenvalue weighted by Gasteiger charge is 2.50. The van der Waals surface area contributed by atoms with E-state index in [-0.39, 0.29) is 24.3 Å². The molecule has 0 N–H and O–H groups in total. The van der Waals surface area contributed by atoms with Gasteiger partial charge in [-0.3, -0.25) is 9.69 Å². The Morgan fingerprint density at radius 1 is 1.03 bits per heavy atom. The molecule has 33 heavy (non-hydrogen) atoms. The molecule has 3 aliphatic rings. The fourth-order valence-corrected chi connectivity index (χ4v) is 6.09. The zero-order valence-electron chi connectivity index (χ0n) is 18.2. The van der Waals surface area contributed by atoms with Gasteiger partial charge in [0.25, 0.3) is 0 Å². The van der Waals surface area contributed by atoms with Crippen molar-refractivity contribution in [1.29, 1.82) is 0 Å². The number of rotatable bonds is 5. The van der Waals surface area contributed by atoms with Gasteiger partial charge in [-0.25, -0.2) is 13.2 Å². The van der Waals surface area contributed by atoms with Gasteiger partial charge in [-0.15, -0.1) is 0 Å². The second-order valence-electron chi connectivity index (χ2n) is 8.81. The highest BCUT2D eigenvalue weighted by atomic mass is 32.2. The minimum Gasteiger partial charge on any atom is -0.443 e. The summed E-state index contributed by atoms with van der Waals surface area (Å²) in [5.41, 5.74) is 3.12. The minimum absolute atomic E-state index is 0.0303. The maximum atomic E-state index is 12.7. The third kappa shape index (κ3) is 4.39. The number of hydrogen-bond acceptors (Lipinski definition) is 5. The Morgan fingerprint density at radius 3 is 2.48 bits per heavy atom. The number of piperidine rings is 1. The third-order valence-corrected chi connectivity index (χ3v) is 7.91. The van der Waals surface area contributed by atoms with E-state index in [1.165, 1.54) is 11.6 Å². The lowest BCUT2D eigenvalue weighted by molar-refractivity contribution is -0.129. The Kier molecular flexibility index (Phi) is 5.70. The highest BCUT2D eigenvalue weighted by molar-refractivity contribution is 7.95. The van der Waals surface area contributed by atoms with E-state index in [1.54, 1.807) is 17.0 Å². The molecule has 5 rings (SSSR count). The van der Waals surface area contributed by atoms with Crippen molar-refractivity contribution in [2.45, 2.75) is 37.5 Å². The van der Waals surface area contributed by atoms with E-state index in [0.29, 0.717) is 25.9 Å². The van der Waals surface area contributed by atoms with Crippen molar-refractivity contribution in [3.05, 3.63) is 76.7 Å². The van der Waals surface area contributed by atoms with E-state index in [2.05, 4.69) is 12.1 Å². The quantitative estimate of drug-likeness (QED) is 0.676. The van der Waals surface area contributed by atoms with E-state index in [0.717, 1.165) is 23.0 Å². The molecule has 2 amide bonds. The van der Waals surface area contributed by atoms with Gasteiger partial charge in [0.15, 0.2) is 9.84 Å². The van der Waals surface area contributed by atoms with Gasteiger partial charge < -0.3 is 9.64 Å². The predicted molar refractivity (Wildman–Crippen MR) is 124 cm³/mol. The van der Waals surface area contributed by atoms with Crippen molar-refractivity contribution >= 4 is 27.9 Å². The maximum Gasteiger partial charge on any atom is 0.411 e. The molecule has 7 nitrogen and oxygen atoms in total. The zero-order chi connectivity index (χ0) is 23.0. The number of carbonyl (C=O) groups is 2. The zero-order valence-corrected chi connectivity index (χ0v) is 19.0. The molecule has 0 saturated carbocycles. The Morgan fingerprint density at radius 2 is 1.73 bits per heavy atom. The number of likely N-dealkylation sites (tertiary alicyclic amines) is 1. The van der Waals surface area contributed by atoms with Crippen molar-refractivity contribution in [3.63, 3.8) is 0 Å². The fourth-order valence-electron chi connectivity index (χ4n) is 5.10. The number of fused-ring (bicyclic) bond motifs is 3. The van der Waals surface area contributed by atoms with E-state index in [1.807, 2.05) is 35.2 Å². The van der Waals surface area contributed by atoms with Gasteiger partial charge in [-0.2, -0.15) is 0 Å². The largest absolute Gasteiger partial charge is 0.443 e. The number of nitrogens with zero attached hydrogens (tertiary/aromatic N) is 2.